The number of likely N-dealkylation sites (N-methyl/N-ethyl adjacent to an activating group) is 1. The molecule has 2 amide bonds. The topological polar surface area (TPSA) is 55.9 Å². The molecule has 0 aliphatic carbocycles. The summed E-state index contributed by atoms with van der Waals surface area (Å²) in [6.45, 7) is 7.46. The summed E-state index contributed by atoms with van der Waals surface area (Å²) in [5.74, 6) is -0.250. The van der Waals surface area contributed by atoms with E-state index < -0.39 is 0 Å². The number of amides is 2. The van der Waals surface area contributed by atoms with Gasteiger partial charge in [0, 0.05) is 38.9 Å². The Bertz CT molecular complexity index is 910. The van der Waals surface area contributed by atoms with Crippen molar-refractivity contribution in [2.75, 3.05) is 56.5 Å². The highest BCUT2D eigenvalue weighted by Gasteiger charge is 2.22. The molecule has 7 heteroatoms. The normalized spacial score (nSPS) is 14.5. The van der Waals surface area contributed by atoms with Crippen LogP contribution in [0.1, 0.15) is 11.1 Å². The molecule has 1 N–H and O–H groups in total. The summed E-state index contributed by atoms with van der Waals surface area (Å²) in [6, 6.07) is 13.7. The minimum Gasteiger partial charge on any atom is -0.368 e. The molecule has 0 atom stereocenters. The van der Waals surface area contributed by atoms with Gasteiger partial charge < -0.3 is 15.1 Å². The van der Waals surface area contributed by atoms with E-state index in [1.54, 1.807) is 7.05 Å². The van der Waals surface area contributed by atoms with Gasteiger partial charge in [0.15, 0.2) is 0 Å². The molecule has 0 spiro atoms. The fourth-order valence-corrected chi connectivity index (χ4v) is 3.79. The Morgan fingerprint density at radius 2 is 1.77 bits per heavy atom. The predicted molar refractivity (Wildman–Crippen MR) is 122 cm³/mol. The van der Waals surface area contributed by atoms with E-state index in [1.807, 2.05) is 56.3 Å². The van der Waals surface area contributed by atoms with E-state index in [0.29, 0.717) is 6.54 Å². The Hall–Kier alpha value is -2.57. The lowest BCUT2D eigenvalue weighted by atomic mass is 10.1. The van der Waals surface area contributed by atoms with E-state index in [0.717, 1.165) is 53.7 Å². The van der Waals surface area contributed by atoms with Crippen molar-refractivity contribution in [1.29, 1.82) is 0 Å². The van der Waals surface area contributed by atoms with Crippen LogP contribution in [0.4, 0.5) is 11.4 Å². The number of nitrogens with one attached hydrogen (secondary N) is 1. The Morgan fingerprint density at radius 1 is 1.07 bits per heavy atom. The fourth-order valence-electron chi connectivity index (χ4n) is 3.53. The molecule has 0 aromatic heterocycles. The van der Waals surface area contributed by atoms with Crippen molar-refractivity contribution in [3.05, 3.63) is 58.6 Å². The number of benzene rings is 2. The van der Waals surface area contributed by atoms with Crippen LogP contribution in [0.5, 0.6) is 0 Å². The van der Waals surface area contributed by atoms with Crippen molar-refractivity contribution in [1.82, 2.24) is 9.80 Å². The SMILES string of the molecule is Cc1ccc(C)c(NC(=O)CN(C)C(=O)CN2CCN(c3ccccc3Cl)CC2)c1. The summed E-state index contributed by atoms with van der Waals surface area (Å²) in [5, 5.41) is 3.65. The van der Waals surface area contributed by atoms with Gasteiger partial charge in [0.1, 0.15) is 0 Å². The molecule has 1 fully saturated rings. The molecular weight excluding hydrogens is 400 g/mol. The third-order valence-electron chi connectivity index (χ3n) is 5.40. The summed E-state index contributed by atoms with van der Waals surface area (Å²) in [4.78, 5) is 30.8. The fraction of sp³-hybridized carbons (Fsp3) is 0.391. The number of piperazine rings is 1. The largest absolute Gasteiger partial charge is 0.368 e. The lowest BCUT2D eigenvalue weighted by molar-refractivity contribution is -0.134. The molecule has 0 unspecified atom stereocenters. The zero-order valence-electron chi connectivity index (χ0n) is 17.8. The first-order chi connectivity index (χ1) is 14.3. The first kappa shape index (κ1) is 22.1. The molecule has 1 aliphatic rings. The zero-order chi connectivity index (χ0) is 21.7. The van der Waals surface area contributed by atoms with Crippen LogP contribution in [0.15, 0.2) is 42.5 Å². The first-order valence-electron chi connectivity index (χ1n) is 10.2. The maximum atomic E-state index is 12.6. The van der Waals surface area contributed by atoms with Crippen molar-refractivity contribution in [2.24, 2.45) is 0 Å². The van der Waals surface area contributed by atoms with Gasteiger partial charge in [-0.2, -0.15) is 0 Å². The van der Waals surface area contributed by atoms with Crippen LogP contribution in [0, 0.1) is 13.8 Å². The molecule has 30 heavy (non-hydrogen) atoms. The standard InChI is InChI=1S/C23H29ClN4O2/c1-17-8-9-18(2)20(14-17)25-22(29)15-26(3)23(30)16-27-10-12-28(13-11-27)21-7-5-4-6-19(21)24/h4-9,14H,10-13,15-16H2,1-3H3,(H,25,29). The summed E-state index contributed by atoms with van der Waals surface area (Å²) in [5.41, 5.74) is 3.90. The van der Waals surface area contributed by atoms with Crippen molar-refractivity contribution in [2.45, 2.75) is 13.8 Å². The predicted octanol–water partition coefficient (Wildman–Crippen LogP) is 3.18. The number of anilines is 2. The third kappa shape index (κ3) is 5.74. The van der Waals surface area contributed by atoms with Crippen molar-refractivity contribution in [3.8, 4) is 0 Å². The second kappa shape index (κ2) is 9.96. The molecule has 0 saturated carbocycles. The van der Waals surface area contributed by atoms with Crippen LogP contribution in [0.3, 0.4) is 0 Å². The highest BCUT2D eigenvalue weighted by Crippen LogP contribution is 2.26. The number of hydrogen-bond donors (Lipinski definition) is 1. The highest BCUT2D eigenvalue weighted by atomic mass is 35.5. The van der Waals surface area contributed by atoms with E-state index in [1.165, 1.54) is 4.90 Å². The van der Waals surface area contributed by atoms with Gasteiger partial charge in [0.25, 0.3) is 0 Å². The number of carbonyl (C=O) groups is 2. The lowest BCUT2D eigenvalue weighted by Crippen LogP contribution is -2.50. The maximum absolute atomic E-state index is 12.6. The van der Waals surface area contributed by atoms with Gasteiger partial charge in [-0.3, -0.25) is 14.5 Å². The molecule has 2 aromatic carbocycles. The van der Waals surface area contributed by atoms with Gasteiger partial charge >= 0.3 is 0 Å². The molecule has 160 valence electrons. The minimum absolute atomic E-state index is 0.0335. The van der Waals surface area contributed by atoms with Crippen molar-refractivity contribution in [3.63, 3.8) is 0 Å². The van der Waals surface area contributed by atoms with Crippen molar-refractivity contribution >= 4 is 34.8 Å². The Morgan fingerprint density at radius 3 is 2.47 bits per heavy atom. The van der Waals surface area contributed by atoms with Crippen LogP contribution in [0.2, 0.25) is 5.02 Å². The second-order valence-electron chi connectivity index (χ2n) is 7.83. The number of carbonyl (C=O) groups excluding carboxylic acids is 2. The van der Waals surface area contributed by atoms with E-state index >= 15 is 0 Å². The van der Waals surface area contributed by atoms with Gasteiger partial charge in [-0.05, 0) is 43.2 Å². The number of para-hydroxylation sites is 1. The summed E-state index contributed by atoms with van der Waals surface area (Å²) >= 11 is 6.29. The maximum Gasteiger partial charge on any atom is 0.243 e. The number of rotatable bonds is 6. The van der Waals surface area contributed by atoms with Gasteiger partial charge in [-0.15, -0.1) is 0 Å². The van der Waals surface area contributed by atoms with Crippen LogP contribution in [-0.4, -0.2) is 67.9 Å². The van der Waals surface area contributed by atoms with Gasteiger partial charge in [-0.1, -0.05) is 35.9 Å². The van der Waals surface area contributed by atoms with E-state index in [9.17, 15) is 9.59 Å². The molecule has 2 aromatic rings. The zero-order valence-corrected chi connectivity index (χ0v) is 18.6. The number of hydrogen-bond acceptors (Lipinski definition) is 4. The summed E-state index contributed by atoms with van der Waals surface area (Å²) in [7, 11) is 1.67. The van der Waals surface area contributed by atoms with Gasteiger partial charge in [-0.25, -0.2) is 0 Å². The molecule has 1 saturated heterocycles. The van der Waals surface area contributed by atoms with Gasteiger partial charge in [0.05, 0.1) is 23.8 Å². The van der Waals surface area contributed by atoms with Crippen LogP contribution in [-0.2, 0) is 9.59 Å². The number of halogens is 1. The first-order valence-corrected chi connectivity index (χ1v) is 10.5. The number of aryl methyl sites for hydroxylation is 2. The Balaban J connectivity index is 1.46. The smallest absolute Gasteiger partial charge is 0.243 e. The van der Waals surface area contributed by atoms with Crippen molar-refractivity contribution < 1.29 is 9.59 Å². The summed E-state index contributed by atoms with van der Waals surface area (Å²) in [6.07, 6.45) is 0. The molecular formula is C23H29ClN4O2. The third-order valence-corrected chi connectivity index (χ3v) is 5.72. The average molecular weight is 429 g/mol. The van der Waals surface area contributed by atoms with Crippen LogP contribution >= 0.6 is 11.6 Å². The average Bonchev–Trinajstić information content (AvgIpc) is 2.71. The van der Waals surface area contributed by atoms with E-state index in [2.05, 4.69) is 15.1 Å². The minimum atomic E-state index is -0.192. The molecule has 3 rings (SSSR count). The molecule has 1 heterocycles. The Labute approximate surface area is 183 Å². The number of nitrogens with zero attached hydrogens (tertiary/aromatic N) is 3. The van der Waals surface area contributed by atoms with E-state index in [4.69, 9.17) is 11.6 Å². The highest BCUT2D eigenvalue weighted by molar-refractivity contribution is 6.33. The molecule has 0 bridgehead atoms. The Kier molecular flexibility index (Phi) is 7.34. The van der Waals surface area contributed by atoms with Gasteiger partial charge in [0.2, 0.25) is 11.8 Å². The van der Waals surface area contributed by atoms with Crippen LogP contribution in [0.25, 0.3) is 0 Å². The monoisotopic (exact) mass is 428 g/mol. The molecule has 0 radical (unpaired) electrons. The second-order valence-corrected chi connectivity index (χ2v) is 8.24. The molecule has 6 nitrogen and oxygen atoms in total. The van der Waals surface area contributed by atoms with Crippen LogP contribution < -0.4 is 10.2 Å². The van der Waals surface area contributed by atoms with E-state index in [-0.39, 0.29) is 18.4 Å². The summed E-state index contributed by atoms with van der Waals surface area (Å²) < 4.78 is 0. The lowest BCUT2D eigenvalue weighted by Gasteiger charge is -2.36. The quantitative estimate of drug-likeness (QED) is 0.767. The molecule has 1 aliphatic heterocycles.